The minimum Gasteiger partial charge on any atom is -0.272 e. The molecular formula is C37H35N3P+. The van der Waals surface area contributed by atoms with Crippen molar-refractivity contribution < 1.29 is 0 Å². The Morgan fingerprint density at radius 1 is 0.463 bits per heavy atom. The SMILES string of the molecule is c1ccc(-c2cccc(-c3ccn(CCCCC[P+](c4ccccc4)(c4ccccc4)c4ccccc4)n3)n2)cc1. The Hall–Kier alpha value is -4.33. The molecule has 0 amide bonds. The monoisotopic (exact) mass is 552 g/mol. The molecule has 4 aromatic carbocycles. The Morgan fingerprint density at radius 3 is 1.59 bits per heavy atom. The quantitative estimate of drug-likeness (QED) is 0.121. The average Bonchev–Trinajstić information content (AvgIpc) is 3.54. The van der Waals surface area contributed by atoms with Crippen molar-refractivity contribution in [2.24, 2.45) is 0 Å². The van der Waals surface area contributed by atoms with Crippen LogP contribution in [0.15, 0.2) is 152 Å². The summed E-state index contributed by atoms with van der Waals surface area (Å²) in [5.41, 5.74) is 3.92. The van der Waals surface area contributed by atoms with E-state index in [0.717, 1.165) is 48.2 Å². The Bertz CT molecular complexity index is 1550. The van der Waals surface area contributed by atoms with Gasteiger partial charge in [0.15, 0.2) is 0 Å². The third kappa shape index (κ3) is 6.06. The first-order valence-corrected chi connectivity index (χ1v) is 16.4. The van der Waals surface area contributed by atoms with Crippen LogP contribution in [0.1, 0.15) is 19.3 Å². The fraction of sp³-hybridized carbons (Fsp3) is 0.135. The molecule has 41 heavy (non-hydrogen) atoms. The summed E-state index contributed by atoms with van der Waals surface area (Å²) in [6, 6.07) is 52.1. The zero-order valence-electron chi connectivity index (χ0n) is 23.3. The van der Waals surface area contributed by atoms with E-state index in [1.165, 1.54) is 22.3 Å². The third-order valence-corrected chi connectivity index (χ3v) is 12.2. The molecule has 0 fully saturated rings. The van der Waals surface area contributed by atoms with Gasteiger partial charge in [-0.25, -0.2) is 4.98 Å². The van der Waals surface area contributed by atoms with Crippen LogP contribution in [0.5, 0.6) is 0 Å². The lowest BCUT2D eigenvalue weighted by Gasteiger charge is -2.27. The van der Waals surface area contributed by atoms with E-state index in [4.69, 9.17) is 10.1 Å². The number of pyridine rings is 1. The zero-order chi connectivity index (χ0) is 27.7. The van der Waals surface area contributed by atoms with Gasteiger partial charge in [0.2, 0.25) is 0 Å². The van der Waals surface area contributed by atoms with Crippen LogP contribution in [0, 0.1) is 0 Å². The van der Waals surface area contributed by atoms with E-state index in [0.29, 0.717) is 0 Å². The standard InChI is InChI=1S/C37H35N3P/c1-6-17-31(18-7-1)35-25-16-26-36(38-35)37-27-29-40(39-37)28-14-5-15-30-41(32-19-8-2-9-20-32,33-21-10-3-11-22-33)34-23-12-4-13-24-34/h1-4,6-13,16-27,29H,5,14-15,28,30H2/q+1. The number of nitrogens with zero attached hydrogens (tertiary/aromatic N) is 3. The smallest absolute Gasteiger partial charge is 0.112 e. The van der Waals surface area contributed by atoms with E-state index in [-0.39, 0.29) is 0 Å². The Balaban J connectivity index is 1.15. The van der Waals surface area contributed by atoms with Gasteiger partial charge in [-0.15, -0.1) is 0 Å². The molecule has 3 nitrogen and oxygen atoms in total. The summed E-state index contributed by atoms with van der Waals surface area (Å²) in [6.07, 6.45) is 6.66. The molecule has 0 aliphatic rings. The molecule has 0 saturated heterocycles. The molecule has 0 aliphatic heterocycles. The van der Waals surface area contributed by atoms with Gasteiger partial charge in [-0.1, -0.05) is 91.0 Å². The summed E-state index contributed by atoms with van der Waals surface area (Å²) in [5.74, 6) is 0. The van der Waals surface area contributed by atoms with Crippen LogP contribution in [0.25, 0.3) is 22.6 Å². The minimum atomic E-state index is -1.76. The van der Waals surface area contributed by atoms with Crippen LogP contribution in [0.3, 0.4) is 0 Å². The highest BCUT2D eigenvalue weighted by atomic mass is 31.2. The van der Waals surface area contributed by atoms with E-state index in [1.807, 2.05) is 24.3 Å². The zero-order valence-corrected chi connectivity index (χ0v) is 24.2. The maximum absolute atomic E-state index is 4.88. The van der Waals surface area contributed by atoms with Gasteiger partial charge in [0, 0.05) is 18.3 Å². The van der Waals surface area contributed by atoms with E-state index in [2.05, 4.69) is 132 Å². The van der Waals surface area contributed by atoms with Crippen molar-refractivity contribution in [2.75, 3.05) is 6.16 Å². The topological polar surface area (TPSA) is 30.7 Å². The largest absolute Gasteiger partial charge is 0.272 e. The van der Waals surface area contributed by atoms with Gasteiger partial charge in [0.1, 0.15) is 28.9 Å². The summed E-state index contributed by atoms with van der Waals surface area (Å²) in [6.45, 7) is 0.909. The number of aromatic nitrogens is 3. The van der Waals surface area contributed by atoms with E-state index in [9.17, 15) is 0 Å². The highest BCUT2D eigenvalue weighted by molar-refractivity contribution is 7.95. The van der Waals surface area contributed by atoms with E-state index >= 15 is 0 Å². The predicted molar refractivity (Wildman–Crippen MR) is 175 cm³/mol. The molecule has 6 aromatic rings. The lowest BCUT2D eigenvalue weighted by molar-refractivity contribution is 0.555. The van der Waals surface area contributed by atoms with Crippen LogP contribution < -0.4 is 15.9 Å². The first kappa shape index (κ1) is 26.9. The number of unbranched alkanes of at least 4 members (excludes halogenated alkanes) is 2. The molecule has 4 heteroatoms. The highest BCUT2D eigenvalue weighted by Crippen LogP contribution is 2.56. The number of hydrogen-bond acceptors (Lipinski definition) is 2. The van der Waals surface area contributed by atoms with Crippen molar-refractivity contribution in [3.8, 4) is 22.6 Å². The number of rotatable bonds is 11. The van der Waals surface area contributed by atoms with Crippen molar-refractivity contribution in [3.05, 3.63) is 152 Å². The second-order valence-electron chi connectivity index (χ2n) is 10.3. The molecule has 2 heterocycles. The summed E-state index contributed by atoms with van der Waals surface area (Å²) < 4.78 is 2.07. The Kier molecular flexibility index (Phi) is 8.45. The lowest BCUT2D eigenvalue weighted by Crippen LogP contribution is -2.33. The van der Waals surface area contributed by atoms with E-state index in [1.54, 1.807) is 0 Å². The van der Waals surface area contributed by atoms with Crippen LogP contribution in [0.4, 0.5) is 0 Å². The van der Waals surface area contributed by atoms with Gasteiger partial charge in [0.05, 0.1) is 17.5 Å². The van der Waals surface area contributed by atoms with Crippen molar-refractivity contribution >= 4 is 23.2 Å². The molecule has 0 radical (unpaired) electrons. The molecule has 0 N–H and O–H groups in total. The summed E-state index contributed by atoms with van der Waals surface area (Å²) in [7, 11) is -1.76. The first-order valence-electron chi connectivity index (χ1n) is 14.4. The van der Waals surface area contributed by atoms with Crippen molar-refractivity contribution in [3.63, 3.8) is 0 Å². The van der Waals surface area contributed by atoms with Gasteiger partial charge >= 0.3 is 0 Å². The van der Waals surface area contributed by atoms with Crippen molar-refractivity contribution in [1.82, 2.24) is 14.8 Å². The molecule has 2 aromatic heterocycles. The minimum absolute atomic E-state index is 0.909. The van der Waals surface area contributed by atoms with Crippen LogP contribution in [0.2, 0.25) is 0 Å². The maximum Gasteiger partial charge on any atom is 0.112 e. The molecule has 0 aliphatic carbocycles. The average molecular weight is 553 g/mol. The maximum atomic E-state index is 4.88. The second kappa shape index (κ2) is 12.9. The second-order valence-corrected chi connectivity index (χ2v) is 14.0. The number of benzene rings is 4. The van der Waals surface area contributed by atoms with Gasteiger partial charge in [-0.2, -0.15) is 5.10 Å². The van der Waals surface area contributed by atoms with E-state index < -0.39 is 7.26 Å². The molecule has 0 atom stereocenters. The van der Waals surface area contributed by atoms with Gasteiger partial charge in [-0.05, 0) is 73.9 Å². The van der Waals surface area contributed by atoms with Gasteiger partial charge < -0.3 is 0 Å². The molecule has 0 bridgehead atoms. The summed E-state index contributed by atoms with van der Waals surface area (Å²) in [5, 5.41) is 9.24. The van der Waals surface area contributed by atoms with Gasteiger partial charge in [0.25, 0.3) is 0 Å². The fourth-order valence-corrected chi connectivity index (χ4v) is 10.1. The fourth-order valence-electron chi connectivity index (χ4n) is 5.65. The lowest BCUT2D eigenvalue weighted by atomic mass is 10.1. The molecule has 0 unspecified atom stereocenters. The van der Waals surface area contributed by atoms with Crippen LogP contribution in [-0.4, -0.2) is 20.9 Å². The normalized spacial score (nSPS) is 11.4. The highest BCUT2D eigenvalue weighted by Gasteiger charge is 2.44. The van der Waals surface area contributed by atoms with Crippen molar-refractivity contribution in [2.45, 2.75) is 25.8 Å². The number of aryl methyl sites for hydroxylation is 1. The first-order chi connectivity index (χ1) is 20.3. The predicted octanol–water partition coefficient (Wildman–Crippen LogP) is 7.78. The molecule has 0 saturated carbocycles. The number of hydrogen-bond donors (Lipinski definition) is 0. The van der Waals surface area contributed by atoms with Gasteiger partial charge in [-0.3, -0.25) is 4.68 Å². The van der Waals surface area contributed by atoms with Crippen LogP contribution >= 0.6 is 7.26 Å². The molecule has 202 valence electrons. The molecule has 0 spiro atoms. The third-order valence-electron chi connectivity index (χ3n) is 7.69. The summed E-state index contributed by atoms with van der Waals surface area (Å²) in [4.78, 5) is 4.88. The molecular weight excluding hydrogens is 517 g/mol. The van der Waals surface area contributed by atoms with Crippen LogP contribution in [-0.2, 0) is 6.54 Å². The Morgan fingerprint density at radius 2 is 1.00 bits per heavy atom. The summed E-state index contributed by atoms with van der Waals surface area (Å²) >= 11 is 0. The Labute approximate surface area is 243 Å². The van der Waals surface area contributed by atoms with Crippen molar-refractivity contribution in [1.29, 1.82) is 0 Å². The molecule has 6 rings (SSSR count).